The van der Waals surface area contributed by atoms with Crippen LogP contribution in [0.25, 0.3) is 0 Å². The van der Waals surface area contributed by atoms with E-state index in [0.717, 1.165) is 0 Å². The van der Waals surface area contributed by atoms with Gasteiger partial charge in [-0.15, -0.1) is 5.10 Å². The zero-order chi connectivity index (χ0) is 9.40. The van der Waals surface area contributed by atoms with Gasteiger partial charge in [-0.05, 0) is 0 Å². The van der Waals surface area contributed by atoms with Crippen molar-refractivity contribution in [2.75, 3.05) is 13.1 Å². The fourth-order valence-electron chi connectivity index (χ4n) is 0.423. The van der Waals surface area contributed by atoms with Crippen LogP contribution < -0.4 is 33.5 Å². The van der Waals surface area contributed by atoms with Gasteiger partial charge in [0.2, 0.25) is 5.96 Å². The SMILES string of the molecule is N=C(N)NNCCNN=C(N)N. The Morgan fingerprint density at radius 2 is 1.92 bits per heavy atom. The van der Waals surface area contributed by atoms with Crippen LogP contribution in [0.15, 0.2) is 5.10 Å². The van der Waals surface area contributed by atoms with E-state index in [1.807, 2.05) is 0 Å². The van der Waals surface area contributed by atoms with Gasteiger partial charge in [0, 0.05) is 13.1 Å². The molecule has 10 N–H and O–H groups in total. The average Bonchev–Trinajstić information content (AvgIpc) is 1.95. The Balaban J connectivity index is 3.11. The van der Waals surface area contributed by atoms with Crippen molar-refractivity contribution in [2.45, 2.75) is 0 Å². The van der Waals surface area contributed by atoms with Gasteiger partial charge in [0.15, 0.2) is 5.96 Å². The molecular weight excluding hydrogens is 160 g/mol. The average molecular weight is 174 g/mol. The van der Waals surface area contributed by atoms with Gasteiger partial charge in [-0.1, -0.05) is 0 Å². The molecule has 0 saturated carbocycles. The van der Waals surface area contributed by atoms with Crippen LogP contribution >= 0.6 is 0 Å². The van der Waals surface area contributed by atoms with Gasteiger partial charge in [-0.2, -0.15) is 0 Å². The van der Waals surface area contributed by atoms with Crippen molar-refractivity contribution in [1.82, 2.24) is 16.3 Å². The Morgan fingerprint density at radius 3 is 2.42 bits per heavy atom. The number of guanidine groups is 2. The Morgan fingerprint density at radius 1 is 1.25 bits per heavy atom. The first-order valence-corrected chi connectivity index (χ1v) is 3.27. The maximum Gasteiger partial charge on any atom is 0.208 e. The maximum atomic E-state index is 6.76. The summed E-state index contributed by atoms with van der Waals surface area (Å²) in [7, 11) is 0. The molecule has 0 atom stereocenters. The molecule has 0 heterocycles. The Hall–Kier alpha value is -1.70. The van der Waals surface area contributed by atoms with Crippen molar-refractivity contribution < 1.29 is 0 Å². The highest BCUT2D eigenvalue weighted by molar-refractivity contribution is 5.75. The molecule has 0 aliphatic rings. The van der Waals surface area contributed by atoms with Crippen molar-refractivity contribution in [1.29, 1.82) is 5.41 Å². The zero-order valence-electron chi connectivity index (χ0n) is 6.59. The summed E-state index contributed by atoms with van der Waals surface area (Å²) < 4.78 is 0. The highest BCUT2D eigenvalue weighted by Gasteiger charge is 1.85. The monoisotopic (exact) mass is 174 g/mol. The van der Waals surface area contributed by atoms with Crippen LogP contribution in [0, 0.1) is 5.41 Å². The van der Waals surface area contributed by atoms with Crippen molar-refractivity contribution in [3.05, 3.63) is 0 Å². The molecule has 8 heteroatoms. The van der Waals surface area contributed by atoms with Gasteiger partial charge in [0.25, 0.3) is 0 Å². The molecule has 8 nitrogen and oxygen atoms in total. The van der Waals surface area contributed by atoms with Crippen molar-refractivity contribution in [2.24, 2.45) is 22.3 Å². The van der Waals surface area contributed by atoms with Crippen molar-refractivity contribution in [3.8, 4) is 0 Å². The van der Waals surface area contributed by atoms with Gasteiger partial charge in [0.05, 0.1) is 0 Å². The van der Waals surface area contributed by atoms with E-state index in [1.165, 1.54) is 0 Å². The van der Waals surface area contributed by atoms with E-state index in [-0.39, 0.29) is 11.9 Å². The summed E-state index contributed by atoms with van der Waals surface area (Å²) in [5.74, 6) is -0.161. The van der Waals surface area contributed by atoms with Crippen molar-refractivity contribution >= 4 is 11.9 Å². The van der Waals surface area contributed by atoms with E-state index >= 15 is 0 Å². The normalized spacial score (nSPS) is 8.67. The lowest BCUT2D eigenvalue weighted by atomic mass is 10.7. The summed E-state index contributed by atoms with van der Waals surface area (Å²) in [6, 6.07) is 0. The van der Waals surface area contributed by atoms with E-state index < -0.39 is 0 Å². The van der Waals surface area contributed by atoms with Gasteiger partial charge in [0.1, 0.15) is 0 Å². The molecule has 12 heavy (non-hydrogen) atoms. The minimum atomic E-state index is -0.142. The largest absolute Gasteiger partial charge is 0.369 e. The maximum absolute atomic E-state index is 6.76. The third kappa shape index (κ3) is 8.30. The molecule has 0 rings (SSSR count). The van der Waals surface area contributed by atoms with Crippen LogP contribution in [0.3, 0.4) is 0 Å². The number of hydrogen-bond donors (Lipinski definition) is 7. The third-order valence-corrected chi connectivity index (χ3v) is 0.793. The molecule has 0 amide bonds. The number of hydrazine groups is 1. The first-order chi connectivity index (χ1) is 5.63. The van der Waals surface area contributed by atoms with Crippen LogP contribution in [0.1, 0.15) is 0 Å². The molecule has 0 spiro atoms. The fraction of sp³-hybridized carbons (Fsp3) is 0.500. The third-order valence-electron chi connectivity index (χ3n) is 0.793. The summed E-state index contributed by atoms with van der Waals surface area (Å²) in [5.41, 5.74) is 22.7. The smallest absolute Gasteiger partial charge is 0.208 e. The molecule has 0 aromatic rings. The summed E-state index contributed by atoms with van der Waals surface area (Å²) in [6.45, 7) is 1.06. The van der Waals surface area contributed by atoms with E-state index in [0.29, 0.717) is 13.1 Å². The fourth-order valence-corrected chi connectivity index (χ4v) is 0.423. The molecule has 0 radical (unpaired) electrons. The Labute approximate surface area is 70.0 Å². The van der Waals surface area contributed by atoms with Crippen LogP contribution in [-0.4, -0.2) is 25.0 Å². The summed E-state index contributed by atoms with van der Waals surface area (Å²) >= 11 is 0. The first kappa shape index (κ1) is 10.3. The topological polar surface area (TPSA) is 150 Å². The number of rotatable bonds is 5. The Bertz CT molecular complexity index is 158. The minimum Gasteiger partial charge on any atom is -0.369 e. The standard InChI is InChI=1S/C4H14N8/c5-3(6)11-9-1-2-10-12-4(7)8/h9-10H,1-2H2,(H4,5,6,11)(H4,7,8,12). The molecule has 0 unspecified atom stereocenters. The lowest BCUT2D eigenvalue weighted by molar-refractivity contribution is 0.601. The Kier molecular flexibility index (Phi) is 5.18. The van der Waals surface area contributed by atoms with E-state index in [2.05, 4.69) is 21.4 Å². The second-order valence-electron chi connectivity index (χ2n) is 1.91. The summed E-state index contributed by atoms with van der Waals surface area (Å²) in [5, 5.41) is 10.3. The predicted molar refractivity (Wildman–Crippen MR) is 46.9 cm³/mol. The molecule has 0 aliphatic heterocycles. The predicted octanol–water partition coefficient (Wildman–Crippen LogP) is -3.25. The van der Waals surface area contributed by atoms with Crippen LogP contribution in [0.4, 0.5) is 0 Å². The lowest BCUT2D eigenvalue weighted by Crippen LogP contribution is -2.44. The number of nitrogens with zero attached hydrogens (tertiary/aromatic N) is 1. The number of hydrogen-bond acceptors (Lipinski definition) is 4. The minimum absolute atomic E-state index is 0.0190. The van der Waals surface area contributed by atoms with Crippen molar-refractivity contribution in [3.63, 3.8) is 0 Å². The van der Waals surface area contributed by atoms with E-state index in [1.54, 1.807) is 0 Å². The zero-order valence-corrected chi connectivity index (χ0v) is 6.59. The molecule has 0 fully saturated rings. The number of nitrogens with two attached hydrogens (primary N) is 3. The summed E-state index contributed by atoms with van der Waals surface area (Å²) in [6.07, 6.45) is 0. The molecule has 0 bridgehead atoms. The lowest BCUT2D eigenvalue weighted by Gasteiger charge is -2.04. The van der Waals surface area contributed by atoms with Crippen LogP contribution in [0.5, 0.6) is 0 Å². The van der Waals surface area contributed by atoms with Gasteiger partial charge < -0.3 is 22.6 Å². The first-order valence-electron chi connectivity index (χ1n) is 3.27. The highest BCUT2D eigenvalue weighted by Crippen LogP contribution is 1.56. The van der Waals surface area contributed by atoms with E-state index in [4.69, 9.17) is 22.6 Å². The second-order valence-corrected chi connectivity index (χ2v) is 1.91. The van der Waals surface area contributed by atoms with Gasteiger partial charge >= 0.3 is 0 Å². The van der Waals surface area contributed by atoms with Gasteiger partial charge in [-0.3, -0.25) is 10.8 Å². The number of hydrazone groups is 1. The highest BCUT2D eigenvalue weighted by atomic mass is 15.4. The molecule has 0 aromatic heterocycles. The quantitative estimate of drug-likeness (QED) is 0.101. The van der Waals surface area contributed by atoms with Gasteiger partial charge in [-0.25, -0.2) is 5.43 Å². The van der Waals surface area contributed by atoms with E-state index in [9.17, 15) is 0 Å². The van der Waals surface area contributed by atoms with Crippen LogP contribution in [-0.2, 0) is 0 Å². The molecular formula is C4H14N8. The molecule has 0 aromatic carbocycles. The molecule has 70 valence electrons. The number of nitrogens with one attached hydrogen (secondary N) is 4. The summed E-state index contributed by atoms with van der Waals surface area (Å²) in [4.78, 5) is 0. The molecule has 0 saturated heterocycles. The second kappa shape index (κ2) is 6.04. The molecule has 0 aliphatic carbocycles. The van der Waals surface area contributed by atoms with Crippen LogP contribution in [0.2, 0.25) is 0 Å².